The molecule has 0 spiro atoms. The van der Waals surface area contributed by atoms with E-state index < -0.39 is 10.2 Å². The molecular formula is C10H13BrN2O2S. The first-order chi connectivity index (χ1) is 7.45. The van der Waals surface area contributed by atoms with Gasteiger partial charge in [0, 0.05) is 17.6 Å². The zero-order valence-electron chi connectivity index (χ0n) is 8.64. The Labute approximate surface area is 104 Å². The molecule has 1 aromatic carbocycles. The van der Waals surface area contributed by atoms with E-state index in [0.29, 0.717) is 19.0 Å². The molecule has 88 valence electrons. The molecule has 1 aliphatic heterocycles. The lowest BCUT2D eigenvalue weighted by Crippen LogP contribution is -2.53. The van der Waals surface area contributed by atoms with Crippen molar-refractivity contribution in [2.24, 2.45) is 11.1 Å². The predicted molar refractivity (Wildman–Crippen MR) is 66.0 cm³/mol. The standard InChI is InChI=1S/C10H13BrN2O2S/c11-10-3-1-2-8(5-10)4-9-6-13(7-9)16(12,14)15/h1-3,5,9H,4,6-7H2,(H2,12,14,15). The Morgan fingerprint density at radius 1 is 1.44 bits per heavy atom. The van der Waals surface area contributed by atoms with Gasteiger partial charge in [-0.25, -0.2) is 5.14 Å². The van der Waals surface area contributed by atoms with Crippen LogP contribution in [0.15, 0.2) is 28.7 Å². The van der Waals surface area contributed by atoms with Crippen molar-refractivity contribution in [3.63, 3.8) is 0 Å². The van der Waals surface area contributed by atoms with Crippen molar-refractivity contribution in [2.45, 2.75) is 6.42 Å². The summed E-state index contributed by atoms with van der Waals surface area (Å²) >= 11 is 3.41. The van der Waals surface area contributed by atoms with Crippen molar-refractivity contribution in [1.29, 1.82) is 0 Å². The van der Waals surface area contributed by atoms with Crippen LogP contribution in [-0.4, -0.2) is 25.8 Å². The van der Waals surface area contributed by atoms with Gasteiger partial charge in [-0.05, 0) is 30.0 Å². The van der Waals surface area contributed by atoms with Crippen molar-refractivity contribution < 1.29 is 8.42 Å². The van der Waals surface area contributed by atoms with E-state index in [1.165, 1.54) is 9.87 Å². The van der Waals surface area contributed by atoms with Crippen LogP contribution in [0.3, 0.4) is 0 Å². The van der Waals surface area contributed by atoms with Crippen molar-refractivity contribution in [3.05, 3.63) is 34.3 Å². The third kappa shape index (κ3) is 2.82. The molecule has 2 N–H and O–H groups in total. The SMILES string of the molecule is NS(=O)(=O)N1CC(Cc2cccc(Br)c2)C1. The number of nitrogens with two attached hydrogens (primary N) is 1. The van der Waals surface area contributed by atoms with Gasteiger partial charge in [0.25, 0.3) is 10.2 Å². The van der Waals surface area contributed by atoms with Crippen molar-refractivity contribution in [1.82, 2.24) is 4.31 Å². The molecule has 16 heavy (non-hydrogen) atoms. The number of halogens is 1. The minimum Gasteiger partial charge on any atom is -0.216 e. The van der Waals surface area contributed by atoms with Gasteiger partial charge in [-0.15, -0.1) is 0 Å². The molecule has 1 aliphatic rings. The molecule has 6 heteroatoms. The number of nitrogens with zero attached hydrogens (tertiary/aromatic N) is 1. The second kappa shape index (κ2) is 4.44. The lowest BCUT2D eigenvalue weighted by atomic mass is 9.94. The van der Waals surface area contributed by atoms with E-state index in [9.17, 15) is 8.42 Å². The molecule has 1 heterocycles. The number of hydrogen-bond donors (Lipinski definition) is 1. The molecular weight excluding hydrogens is 292 g/mol. The molecule has 0 atom stereocenters. The Morgan fingerprint density at radius 2 is 2.12 bits per heavy atom. The summed E-state index contributed by atoms with van der Waals surface area (Å²) in [5.41, 5.74) is 1.22. The molecule has 0 unspecified atom stereocenters. The molecule has 1 fully saturated rings. The van der Waals surface area contributed by atoms with Gasteiger partial charge >= 0.3 is 0 Å². The molecule has 0 saturated carbocycles. The summed E-state index contributed by atoms with van der Waals surface area (Å²) in [6.45, 7) is 1.07. The quantitative estimate of drug-likeness (QED) is 0.910. The molecule has 0 bridgehead atoms. The van der Waals surface area contributed by atoms with Gasteiger partial charge in [-0.3, -0.25) is 0 Å². The molecule has 0 aromatic heterocycles. The Balaban J connectivity index is 1.91. The molecule has 2 rings (SSSR count). The molecule has 1 aromatic rings. The van der Waals surface area contributed by atoms with Crippen LogP contribution in [0.25, 0.3) is 0 Å². The molecule has 0 radical (unpaired) electrons. The first-order valence-corrected chi connectivity index (χ1v) is 7.27. The Kier molecular flexibility index (Phi) is 3.34. The fourth-order valence-corrected chi connectivity index (χ4v) is 3.14. The minimum atomic E-state index is -3.48. The van der Waals surface area contributed by atoms with Crippen molar-refractivity contribution in [3.8, 4) is 0 Å². The van der Waals surface area contributed by atoms with Gasteiger partial charge in [0.1, 0.15) is 0 Å². The van der Waals surface area contributed by atoms with E-state index in [4.69, 9.17) is 5.14 Å². The topological polar surface area (TPSA) is 63.4 Å². The van der Waals surface area contributed by atoms with Crippen LogP contribution >= 0.6 is 15.9 Å². The van der Waals surface area contributed by atoms with Gasteiger partial charge < -0.3 is 0 Å². The van der Waals surface area contributed by atoms with Crippen LogP contribution in [0.2, 0.25) is 0 Å². The third-order valence-corrected chi connectivity index (χ3v) is 4.21. The van der Waals surface area contributed by atoms with E-state index in [2.05, 4.69) is 22.0 Å². The highest BCUT2D eigenvalue weighted by Gasteiger charge is 2.33. The summed E-state index contributed by atoms with van der Waals surface area (Å²) in [5.74, 6) is 0.382. The van der Waals surface area contributed by atoms with Crippen LogP contribution in [-0.2, 0) is 16.6 Å². The summed E-state index contributed by atoms with van der Waals surface area (Å²) in [6.07, 6.45) is 0.894. The van der Waals surface area contributed by atoms with Gasteiger partial charge in [0.05, 0.1) is 0 Å². The van der Waals surface area contributed by atoms with Crippen LogP contribution < -0.4 is 5.14 Å². The van der Waals surface area contributed by atoms with Crippen LogP contribution in [0.4, 0.5) is 0 Å². The highest BCUT2D eigenvalue weighted by atomic mass is 79.9. The first kappa shape index (κ1) is 12.0. The predicted octanol–water partition coefficient (Wildman–Crippen LogP) is 1.13. The second-order valence-electron chi connectivity index (χ2n) is 4.06. The zero-order valence-corrected chi connectivity index (χ0v) is 11.0. The van der Waals surface area contributed by atoms with E-state index >= 15 is 0 Å². The Hall–Kier alpha value is -0.430. The average molecular weight is 305 g/mol. The number of hydrogen-bond acceptors (Lipinski definition) is 2. The normalized spacial score (nSPS) is 18.4. The third-order valence-electron chi connectivity index (χ3n) is 2.70. The summed E-state index contributed by atoms with van der Waals surface area (Å²) in [4.78, 5) is 0. The first-order valence-electron chi connectivity index (χ1n) is 4.97. The van der Waals surface area contributed by atoms with Gasteiger partial charge in [-0.2, -0.15) is 12.7 Å². The Bertz CT molecular complexity index is 483. The second-order valence-corrected chi connectivity index (χ2v) is 6.52. The highest BCUT2D eigenvalue weighted by molar-refractivity contribution is 9.10. The fraction of sp³-hybridized carbons (Fsp3) is 0.400. The molecule has 1 saturated heterocycles. The zero-order chi connectivity index (χ0) is 11.8. The summed E-state index contributed by atoms with van der Waals surface area (Å²) in [6, 6.07) is 8.06. The van der Waals surface area contributed by atoms with Gasteiger partial charge in [0.15, 0.2) is 0 Å². The maximum Gasteiger partial charge on any atom is 0.276 e. The smallest absolute Gasteiger partial charge is 0.216 e. The summed E-state index contributed by atoms with van der Waals surface area (Å²) < 4.78 is 24.3. The minimum absolute atomic E-state index is 0.382. The van der Waals surface area contributed by atoms with E-state index in [-0.39, 0.29) is 0 Å². The van der Waals surface area contributed by atoms with E-state index in [1.807, 2.05) is 18.2 Å². The lowest BCUT2D eigenvalue weighted by molar-refractivity contribution is 0.200. The largest absolute Gasteiger partial charge is 0.276 e. The maximum absolute atomic E-state index is 11.0. The monoisotopic (exact) mass is 304 g/mol. The number of rotatable bonds is 3. The summed E-state index contributed by atoms with van der Waals surface area (Å²) in [7, 11) is -3.48. The highest BCUT2D eigenvalue weighted by Crippen LogP contribution is 2.23. The van der Waals surface area contributed by atoms with E-state index in [0.717, 1.165) is 10.9 Å². The molecule has 4 nitrogen and oxygen atoms in total. The van der Waals surface area contributed by atoms with Crippen LogP contribution in [0, 0.1) is 5.92 Å². The molecule has 0 amide bonds. The molecule has 0 aliphatic carbocycles. The van der Waals surface area contributed by atoms with Gasteiger partial charge in [-0.1, -0.05) is 28.1 Å². The average Bonchev–Trinajstić information content (AvgIpc) is 2.08. The lowest BCUT2D eigenvalue weighted by Gasteiger charge is -2.36. The van der Waals surface area contributed by atoms with Crippen molar-refractivity contribution >= 4 is 26.1 Å². The van der Waals surface area contributed by atoms with Crippen LogP contribution in [0.5, 0.6) is 0 Å². The number of benzene rings is 1. The van der Waals surface area contributed by atoms with Crippen LogP contribution in [0.1, 0.15) is 5.56 Å². The summed E-state index contributed by atoms with van der Waals surface area (Å²) in [5, 5.41) is 5.01. The van der Waals surface area contributed by atoms with Crippen molar-refractivity contribution in [2.75, 3.05) is 13.1 Å². The Morgan fingerprint density at radius 3 is 2.69 bits per heavy atom. The fourth-order valence-electron chi connectivity index (χ4n) is 1.86. The maximum atomic E-state index is 11.0. The van der Waals surface area contributed by atoms with Gasteiger partial charge in [0.2, 0.25) is 0 Å². The van der Waals surface area contributed by atoms with E-state index in [1.54, 1.807) is 0 Å².